The Morgan fingerprint density at radius 3 is 2.32 bits per heavy atom. The van der Waals surface area contributed by atoms with Crippen LogP contribution >= 0.6 is 0 Å². The summed E-state index contributed by atoms with van der Waals surface area (Å²) in [6.45, 7) is 0. The molecule has 2 fully saturated rings. The van der Waals surface area contributed by atoms with E-state index in [0.717, 1.165) is 25.7 Å². The summed E-state index contributed by atoms with van der Waals surface area (Å²) < 4.78 is 43.8. The summed E-state index contributed by atoms with van der Waals surface area (Å²) in [5, 5.41) is 15.2. The number of carbonyl (C=O) groups is 1. The van der Waals surface area contributed by atoms with Crippen molar-refractivity contribution in [2.75, 3.05) is 10.6 Å². The molecule has 34 heavy (non-hydrogen) atoms. The smallest absolute Gasteiger partial charge is 0.306 e. The molecule has 0 spiro atoms. The minimum atomic E-state index is -1.05. The molecule has 0 aliphatic heterocycles. The van der Waals surface area contributed by atoms with Crippen LogP contribution in [0, 0.1) is 23.4 Å². The van der Waals surface area contributed by atoms with Gasteiger partial charge in [-0.25, -0.2) is 23.1 Å². The van der Waals surface area contributed by atoms with Gasteiger partial charge in [-0.2, -0.15) is 4.98 Å². The van der Waals surface area contributed by atoms with Crippen LogP contribution in [0.3, 0.4) is 0 Å². The molecule has 8 nitrogen and oxygen atoms in total. The lowest BCUT2D eigenvalue weighted by molar-refractivity contribution is -0.142. The maximum Gasteiger partial charge on any atom is 0.306 e. The van der Waals surface area contributed by atoms with E-state index in [2.05, 4.69) is 25.6 Å². The van der Waals surface area contributed by atoms with Crippen molar-refractivity contribution in [1.29, 1.82) is 0 Å². The molecular weight excluding hydrogens is 449 g/mol. The summed E-state index contributed by atoms with van der Waals surface area (Å²) in [5.41, 5.74) is 0.531. The Balaban J connectivity index is 1.46. The zero-order valence-corrected chi connectivity index (χ0v) is 18.4. The molecule has 0 radical (unpaired) electrons. The number of fused-ring (bicyclic) bond motifs is 1. The first kappa shape index (κ1) is 22.4. The number of carboxylic acids is 1. The summed E-state index contributed by atoms with van der Waals surface area (Å²) in [7, 11) is 0. The van der Waals surface area contributed by atoms with E-state index in [4.69, 9.17) is 0 Å². The minimum Gasteiger partial charge on any atom is -0.481 e. The third-order valence-corrected chi connectivity index (χ3v) is 6.78. The van der Waals surface area contributed by atoms with Crippen molar-refractivity contribution in [3.8, 4) is 0 Å². The second-order valence-corrected chi connectivity index (χ2v) is 9.05. The first-order valence-electron chi connectivity index (χ1n) is 11.5. The average molecular weight is 474 g/mol. The van der Waals surface area contributed by atoms with Gasteiger partial charge < -0.3 is 15.7 Å². The van der Waals surface area contributed by atoms with Crippen LogP contribution in [-0.2, 0) is 4.79 Å². The lowest BCUT2D eigenvalue weighted by atomic mass is 9.86. The number of halogens is 3. The van der Waals surface area contributed by atoms with Gasteiger partial charge in [0, 0.05) is 24.2 Å². The fraction of sp³-hybridized carbons (Fsp3) is 0.478. The fourth-order valence-electron chi connectivity index (χ4n) is 5.00. The Labute approximate surface area is 193 Å². The molecule has 11 heteroatoms. The lowest BCUT2D eigenvalue weighted by Crippen LogP contribution is -2.29. The van der Waals surface area contributed by atoms with Crippen molar-refractivity contribution in [2.45, 2.75) is 63.5 Å². The van der Waals surface area contributed by atoms with Gasteiger partial charge in [-0.05, 0) is 38.5 Å². The quantitative estimate of drug-likeness (QED) is 0.453. The third kappa shape index (κ3) is 4.38. The van der Waals surface area contributed by atoms with E-state index in [1.807, 2.05) is 4.57 Å². The molecule has 0 unspecified atom stereocenters. The second-order valence-electron chi connectivity index (χ2n) is 9.05. The van der Waals surface area contributed by atoms with Crippen LogP contribution in [0.2, 0.25) is 0 Å². The van der Waals surface area contributed by atoms with Crippen LogP contribution in [0.1, 0.15) is 57.4 Å². The molecule has 0 saturated heterocycles. The van der Waals surface area contributed by atoms with Crippen molar-refractivity contribution in [3.05, 3.63) is 35.8 Å². The highest BCUT2D eigenvalue weighted by Gasteiger charge is 2.28. The first-order valence-corrected chi connectivity index (χ1v) is 11.5. The van der Waals surface area contributed by atoms with Crippen LogP contribution in [0.4, 0.5) is 30.8 Å². The van der Waals surface area contributed by atoms with Gasteiger partial charge in [0.05, 0.1) is 12.1 Å². The molecule has 0 atom stereocenters. The van der Waals surface area contributed by atoms with E-state index in [0.29, 0.717) is 54.9 Å². The number of anilines is 3. The predicted molar refractivity (Wildman–Crippen MR) is 119 cm³/mol. The number of rotatable bonds is 6. The van der Waals surface area contributed by atoms with Gasteiger partial charge in [0.2, 0.25) is 11.9 Å². The van der Waals surface area contributed by atoms with Gasteiger partial charge in [0.1, 0.15) is 17.0 Å². The summed E-state index contributed by atoms with van der Waals surface area (Å²) >= 11 is 0. The minimum absolute atomic E-state index is 0.0489. The van der Waals surface area contributed by atoms with Gasteiger partial charge in [-0.15, -0.1) is 0 Å². The van der Waals surface area contributed by atoms with Gasteiger partial charge in [0.25, 0.3) is 0 Å². The molecule has 180 valence electrons. The normalized spacial score (nSPS) is 21.1. The molecule has 0 bridgehead atoms. The van der Waals surface area contributed by atoms with E-state index in [9.17, 15) is 23.1 Å². The van der Waals surface area contributed by atoms with E-state index in [1.54, 1.807) is 6.20 Å². The van der Waals surface area contributed by atoms with E-state index >= 15 is 0 Å². The maximum atomic E-state index is 14.3. The monoisotopic (exact) mass is 474 g/mol. The maximum absolute atomic E-state index is 14.3. The SMILES string of the molecule is O=C(O)C1CCC(Nc2ncc3nc(Nc4c(F)cc(F)cc4F)n(C4CCCC4)c3n2)CC1. The summed E-state index contributed by atoms with van der Waals surface area (Å²) in [5.74, 6) is -3.54. The van der Waals surface area contributed by atoms with Crippen molar-refractivity contribution in [2.24, 2.45) is 5.92 Å². The number of nitrogens with one attached hydrogen (secondary N) is 2. The number of benzene rings is 1. The topological polar surface area (TPSA) is 105 Å². The Hall–Kier alpha value is -3.37. The van der Waals surface area contributed by atoms with Crippen LogP contribution in [0.5, 0.6) is 0 Å². The zero-order chi connectivity index (χ0) is 23.8. The Morgan fingerprint density at radius 2 is 1.68 bits per heavy atom. The molecule has 5 rings (SSSR count). The highest BCUT2D eigenvalue weighted by atomic mass is 19.1. The molecule has 2 saturated carbocycles. The largest absolute Gasteiger partial charge is 0.481 e. The summed E-state index contributed by atoms with van der Waals surface area (Å²) in [6, 6.07) is 1.35. The Bertz CT molecular complexity index is 1200. The number of aliphatic carboxylic acids is 1. The zero-order valence-electron chi connectivity index (χ0n) is 18.4. The number of hydrogen-bond donors (Lipinski definition) is 3. The van der Waals surface area contributed by atoms with E-state index < -0.39 is 29.1 Å². The van der Waals surface area contributed by atoms with Crippen molar-refractivity contribution < 1.29 is 23.1 Å². The molecule has 3 aromatic rings. The predicted octanol–water partition coefficient (Wildman–Crippen LogP) is 5.16. The standard InChI is InChI=1S/C23H25F3N6O2/c24-13-9-16(25)19(17(26)10-13)30-23-29-18-11-27-22(28-14-7-5-12(6-8-14)21(33)34)31-20(18)32(23)15-3-1-2-4-15/h9-12,14-15H,1-8H2,(H,29,30)(H,33,34)(H,27,28,31). The number of imidazole rings is 1. The van der Waals surface area contributed by atoms with E-state index in [1.165, 1.54) is 0 Å². The van der Waals surface area contributed by atoms with Gasteiger partial charge in [-0.1, -0.05) is 12.8 Å². The van der Waals surface area contributed by atoms with Crippen LogP contribution < -0.4 is 10.6 Å². The average Bonchev–Trinajstić information content (AvgIpc) is 3.43. The van der Waals surface area contributed by atoms with Gasteiger partial charge in [-0.3, -0.25) is 9.36 Å². The number of nitrogens with zero attached hydrogens (tertiary/aromatic N) is 4. The van der Waals surface area contributed by atoms with Gasteiger partial charge >= 0.3 is 5.97 Å². The van der Waals surface area contributed by atoms with E-state index in [-0.39, 0.29) is 23.9 Å². The highest BCUT2D eigenvalue weighted by Crippen LogP contribution is 2.36. The molecule has 0 amide bonds. The van der Waals surface area contributed by atoms with Gasteiger partial charge in [0.15, 0.2) is 17.3 Å². The van der Waals surface area contributed by atoms with Crippen molar-refractivity contribution in [3.63, 3.8) is 0 Å². The fourth-order valence-corrected chi connectivity index (χ4v) is 5.00. The van der Waals surface area contributed by atoms with Crippen molar-refractivity contribution >= 4 is 34.7 Å². The number of hydrogen-bond acceptors (Lipinski definition) is 6. The van der Waals surface area contributed by atoms with Crippen LogP contribution in [0.25, 0.3) is 11.2 Å². The highest BCUT2D eigenvalue weighted by molar-refractivity contribution is 5.77. The number of carboxylic acid groups (broad SMARTS) is 1. The Kier molecular flexibility index (Phi) is 6.01. The van der Waals surface area contributed by atoms with Crippen LogP contribution in [-0.4, -0.2) is 36.6 Å². The third-order valence-electron chi connectivity index (χ3n) is 6.78. The van der Waals surface area contributed by atoms with Crippen molar-refractivity contribution in [1.82, 2.24) is 19.5 Å². The molecule has 2 aliphatic rings. The molecular formula is C23H25F3N6O2. The molecule has 2 aromatic heterocycles. The number of aromatic nitrogens is 4. The molecule has 1 aromatic carbocycles. The molecule has 3 N–H and O–H groups in total. The Morgan fingerprint density at radius 1 is 1.00 bits per heavy atom. The lowest BCUT2D eigenvalue weighted by Gasteiger charge is -2.26. The van der Waals surface area contributed by atoms with Crippen LogP contribution in [0.15, 0.2) is 18.3 Å². The summed E-state index contributed by atoms with van der Waals surface area (Å²) in [4.78, 5) is 24.7. The second kappa shape index (κ2) is 9.11. The molecule has 2 aliphatic carbocycles. The molecule has 2 heterocycles. The first-order chi connectivity index (χ1) is 16.4. The summed E-state index contributed by atoms with van der Waals surface area (Å²) in [6.07, 6.45) is 7.95.